The van der Waals surface area contributed by atoms with Gasteiger partial charge in [-0.2, -0.15) is 0 Å². The number of thioether (sulfide) groups is 1. The van der Waals surface area contributed by atoms with Crippen molar-refractivity contribution in [2.24, 2.45) is 10.9 Å². The predicted octanol–water partition coefficient (Wildman–Crippen LogP) is 3.84. The van der Waals surface area contributed by atoms with E-state index in [1.54, 1.807) is 11.3 Å². The lowest BCUT2D eigenvalue weighted by atomic mass is 10.1. The molecule has 1 atom stereocenters. The molecular weight excluding hydrogens is 415 g/mol. The van der Waals surface area contributed by atoms with Crippen LogP contribution < -0.4 is 10.6 Å². The molecule has 122 valence electrons. The van der Waals surface area contributed by atoms with Crippen LogP contribution in [0, 0.1) is 5.92 Å². The minimum absolute atomic E-state index is 0. The van der Waals surface area contributed by atoms with Crippen LogP contribution in [0.4, 0.5) is 0 Å². The smallest absolute Gasteiger partial charge is 0.191 e. The highest BCUT2D eigenvalue weighted by Crippen LogP contribution is 2.20. The number of aromatic nitrogens is 1. The Morgan fingerprint density at radius 2 is 2.19 bits per heavy atom. The Morgan fingerprint density at radius 1 is 1.43 bits per heavy atom. The SMILES string of the molecule is CCNC(=NCCCSc1nccs1)NC(C)C(C)C.I. The highest BCUT2D eigenvalue weighted by Gasteiger charge is 2.08. The standard InChI is InChI=1S/C14H26N4S2.HI/c1-5-15-13(18-12(4)11(2)3)16-7-6-9-19-14-17-8-10-20-14;/h8,10-12H,5-7,9H2,1-4H3,(H2,15,16,18);1H. The molecule has 0 aliphatic carbocycles. The van der Waals surface area contributed by atoms with Gasteiger partial charge in [0.15, 0.2) is 5.96 Å². The molecule has 7 heteroatoms. The maximum absolute atomic E-state index is 4.62. The summed E-state index contributed by atoms with van der Waals surface area (Å²) in [6.45, 7) is 10.5. The van der Waals surface area contributed by atoms with E-state index in [0.717, 1.165) is 35.6 Å². The number of nitrogens with one attached hydrogen (secondary N) is 2. The van der Waals surface area contributed by atoms with Crippen LogP contribution in [0.5, 0.6) is 0 Å². The predicted molar refractivity (Wildman–Crippen MR) is 106 cm³/mol. The average molecular weight is 442 g/mol. The molecule has 1 heterocycles. The molecule has 4 nitrogen and oxygen atoms in total. The molecule has 0 saturated heterocycles. The minimum atomic E-state index is 0. The maximum Gasteiger partial charge on any atom is 0.191 e. The molecule has 0 radical (unpaired) electrons. The first-order valence-electron chi connectivity index (χ1n) is 7.20. The van der Waals surface area contributed by atoms with E-state index in [0.29, 0.717) is 12.0 Å². The highest BCUT2D eigenvalue weighted by atomic mass is 127. The van der Waals surface area contributed by atoms with E-state index >= 15 is 0 Å². The fourth-order valence-electron chi connectivity index (χ4n) is 1.40. The molecule has 1 rings (SSSR count). The molecule has 1 unspecified atom stereocenters. The Morgan fingerprint density at radius 3 is 2.76 bits per heavy atom. The summed E-state index contributed by atoms with van der Waals surface area (Å²) in [5.74, 6) is 2.59. The van der Waals surface area contributed by atoms with Crippen molar-refractivity contribution in [2.45, 2.75) is 44.5 Å². The zero-order valence-electron chi connectivity index (χ0n) is 13.3. The van der Waals surface area contributed by atoms with Crippen molar-refractivity contribution in [3.63, 3.8) is 0 Å². The van der Waals surface area contributed by atoms with Crippen LogP contribution in [0.25, 0.3) is 0 Å². The van der Waals surface area contributed by atoms with Crippen molar-refractivity contribution in [3.05, 3.63) is 11.6 Å². The quantitative estimate of drug-likeness (QED) is 0.211. The molecule has 0 fully saturated rings. The van der Waals surface area contributed by atoms with Crippen LogP contribution in [-0.2, 0) is 0 Å². The van der Waals surface area contributed by atoms with Gasteiger partial charge in [0.1, 0.15) is 4.34 Å². The first-order chi connectivity index (χ1) is 9.63. The second-order valence-electron chi connectivity index (χ2n) is 4.94. The number of guanidine groups is 1. The molecule has 0 bridgehead atoms. The van der Waals surface area contributed by atoms with Gasteiger partial charge in [0.2, 0.25) is 0 Å². The number of rotatable bonds is 8. The second-order valence-corrected chi connectivity index (χ2v) is 7.17. The molecule has 0 aromatic carbocycles. The Bertz CT molecular complexity index is 382. The van der Waals surface area contributed by atoms with E-state index < -0.39 is 0 Å². The van der Waals surface area contributed by atoms with Crippen LogP contribution in [0.3, 0.4) is 0 Å². The molecule has 0 aliphatic heterocycles. The van der Waals surface area contributed by atoms with Crippen molar-refractivity contribution in [1.29, 1.82) is 0 Å². The highest BCUT2D eigenvalue weighted by molar-refractivity contribution is 14.0. The third-order valence-electron chi connectivity index (χ3n) is 2.92. The third kappa shape index (κ3) is 9.57. The van der Waals surface area contributed by atoms with Gasteiger partial charge >= 0.3 is 0 Å². The van der Waals surface area contributed by atoms with Crippen molar-refractivity contribution < 1.29 is 0 Å². The lowest BCUT2D eigenvalue weighted by Gasteiger charge is -2.20. The van der Waals surface area contributed by atoms with Gasteiger partial charge in [-0.1, -0.05) is 25.6 Å². The minimum Gasteiger partial charge on any atom is -0.357 e. The average Bonchev–Trinajstić information content (AvgIpc) is 2.91. The zero-order chi connectivity index (χ0) is 14.8. The van der Waals surface area contributed by atoms with Crippen molar-refractivity contribution in [2.75, 3.05) is 18.8 Å². The lowest BCUT2D eigenvalue weighted by molar-refractivity contribution is 0.481. The van der Waals surface area contributed by atoms with E-state index in [1.807, 2.05) is 23.3 Å². The molecule has 0 aliphatic rings. The largest absolute Gasteiger partial charge is 0.357 e. The summed E-state index contributed by atoms with van der Waals surface area (Å²) in [6.07, 6.45) is 2.92. The molecule has 1 aromatic rings. The zero-order valence-corrected chi connectivity index (χ0v) is 17.2. The van der Waals surface area contributed by atoms with Crippen LogP contribution in [0.15, 0.2) is 20.9 Å². The Hall–Kier alpha value is -0.0200. The fourth-order valence-corrected chi connectivity index (χ4v) is 3.03. The number of hydrogen-bond donors (Lipinski definition) is 2. The number of halogens is 1. The summed E-state index contributed by atoms with van der Waals surface area (Å²) in [5.41, 5.74) is 0. The molecule has 0 saturated carbocycles. The van der Waals surface area contributed by atoms with E-state index in [2.05, 4.69) is 48.3 Å². The molecular formula is C14H27IN4S2. The monoisotopic (exact) mass is 442 g/mol. The van der Waals surface area contributed by atoms with Gasteiger partial charge in [0.05, 0.1) is 0 Å². The number of thiazole rings is 1. The molecule has 2 N–H and O–H groups in total. The van der Waals surface area contributed by atoms with Crippen LogP contribution in [0.1, 0.15) is 34.1 Å². The summed E-state index contributed by atoms with van der Waals surface area (Å²) in [4.78, 5) is 8.88. The van der Waals surface area contributed by atoms with Crippen LogP contribution in [-0.4, -0.2) is 35.8 Å². The van der Waals surface area contributed by atoms with Gasteiger partial charge in [-0.25, -0.2) is 4.98 Å². The van der Waals surface area contributed by atoms with Gasteiger partial charge < -0.3 is 10.6 Å². The second kappa shape index (κ2) is 12.5. The van der Waals surface area contributed by atoms with E-state index in [9.17, 15) is 0 Å². The van der Waals surface area contributed by atoms with Crippen LogP contribution >= 0.6 is 47.1 Å². The van der Waals surface area contributed by atoms with Gasteiger partial charge in [0, 0.05) is 36.5 Å². The number of hydrogen-bond acceptors (Lipinski definition) is 4. The van der Waals surface area contributed by atoms with Gasteiger partial charge in [-0.15, -0.1) is 35.3 Å². The van der Waals surface area contributed by atoms with Crippen molar-refractivity contribution in [1.82, 2.24) is 15.6 Å². The first kappa shape index (κ1) is 21.0. The van der Waals surface area contributed by atoms with E-state index in [1.165, 1.54) is 0 Å². The Kier molecular flexibility index (Phi) is 12.5. The maximum atomic E-state index is 4.62. The topological polar surface area (TPSA) is 49.3 Å². The van der Waals surface area contributed by atoms with Gasteiger partial charge in [-0.05, 0) is 26.2 Å². The summed E-state index contributed by atoms with van der Waals surface area (Å²) < 4.78 is 1.15. The van der Waals surface area contributed by atoms with E-state index in [-0.39, 0.29) is 24.0 Å². The summed E-state index contributed by atoms with van der Waals surface area (Å²) in [7, 11) is 0. The molecule has 21 heavy (non-hydrogen) atoms. The van der Waals surface area contributed by atoms with Crippen molar-refractivity contribution >= 4 is 53.0 Å². The van der Waals surface area contributed by atoms with E-state index in [4.69, 9.17) is 0 Å². The summed E-state index contributed by atoms with van der Waals surface area (Å²) in [5, 5.41) is 8.75. The summed E-state index contributed by atoms with van der Waals surface area (Å²) in [6, 6.07) is 0.428. The van der Waals surface area contributed by atoms with Crippen molar-refractivity contribution in [3.8, 4) is 0 Å². The summed E-state index contributed by atoms with van der Waals surface area (Å²) >= 11 is 3.51. The van der Waals surface area contributed by atoms with Crippen LogP contribution in [0.2, 0.25) is 0 Å². The lowest BCUT2D eigenvalue weighted by Crippen LogP contribution is -2.44. The van der Waals surface area contributed by atoms with Gasteiger partial charge in [0.25, 0.3) is 0 Å². The molecule has 0 amide bonds. The molecule has 1 aromatic heterocycles. The first-order valence-corrected chi connectivity index (χ1v) is 9.07. The fraction of sp³-hybridized carbons (Fsp3) is 0.714. The number of nitrogens with zero attached hydrogens (tertiary/aromatic N) is 2. The molecule has 0 spiro atoms. The Labute approximate surface area is 154 Å². The normalized spacial score (nSPS) is 12.9. The Balaban J connectivity index is 0.00000400. The van der Waals surface area contributed by atoms with Gasteiger partial charge in [-0.3, -0.25) is 4.99 Å². The third-order valence-corrected chi connectivity index (χ3v) is 4.97. The number of aliphatic imine (C=N–C) groups is 1.